The third kappa shape index (κ3) is 3.63. The Labute approximate surface area is 155 Å². The van der Waals surface area contributed by atoms with E-state index >= 15 is 0 Å². The Hall–Kier alpha value is -1.32. The number of aryl methyl sites for hydroxylation is 1. The van der Waals surface area contributed by atoms with Gasteiger partial charge in [0.25, 0.3) is 0 Å². The second-order valence-corrected chi connectivity index (χ2v) is 8.48. The number of ether oxygens (including phenoxy) is 1. The van der Waals surface area contributed by atoms with Crippen LogP contribution in [0.4, 0.5) is 0 Å². The van der Waals surface area contributed by atoms with Crippen molar-refractivity contribution < 1.29 is 4.74 Å². The minimum absolute atomic E-state index is 0.431. The molecule has 2 aliphatic rings. The molecule has 1 aliphatic carbocycles. The number of fused-ring (bicyclic) bond motifs is 1. The van der Waals surface area contributed by atoms with Gasteiger partial charge in [-0.1, -0.05) is 19.4 Å². The third-order valence-electron chi connectivity index (χ3n) is 6.03. The van der Waals surface area contributed by atoms with E-state index in [1.54, 1.807) is 16.9 Å². The van der Waals surface area contributed by atoms with Gasteiger partial charge in [-0.25, -0.2) is 0 Å². The first-order valence-corrected chi connectivity index (χ1v) is 10.7. The van der Waals surface area contributed by atoms with Crippen molar-refractivity contribution in [1.82, 2.24) is 4.90 Å². The number of likely N-dealkylation sites (tertiary alicyclic amines) is 1. The maximum atomic E-state index is 6.01. The molecule has 3 heteroatoms. The smallest absolute Gasteiger partial charge is 0.120 e. The van der Waals surface area contributed by atoms with E-state index in [1.165, 1.54) is 69.2 Å². The van der Waals surface area contributed by atoms with Crippen LogP contribution in [0.5, 0.6) is 5.75 Å². The van der Waals surface area contributed by atoms with Gasteiger partial charge in [-0.15, -0.1) is 0 Å². The molecule has 0 saturated carbocycles. The van der Waals surface area contributed by atoms with E-state index in [0.29, 0.717) is 12.1 Å². The molecule has 1 aromatic carbocycles. The highest BCUT2D eigenvalue weighted by Crippen LogP contribution is 2.40. The summed E-state index contributed by atoms with van der Waals surface area (Å²) in [5.41, 5.74) is 4.76. The Morgan fingerprint density at radius 2 is 2.12 bits per heavy atom. The molecule has 1 aromatic heterocycles. The van der Waals surface area contributed by atoms with Crippen LogP contribution >= 0.6 is 11.3 Å². The minimum atomic E-state index is 0.431. The topological polar surface area (TPSA) is 12.5 Å². The summed E-state index contributed by atoms with van der Waals surface area (Å²) in [5.74, 6) is 1.02. The maximum absolute atomic E-state index is 6.01. The van der Waals surface area contributed by atoms with Crippen LogP contribution in [0, 0.1) is 0 Å². The van der Waals surface area contributed by atoms with Crippen molar-refractivity contribution in [1.29, 1.82) is 0 Å². The van der Waals surface area contributed by atoms with Crippen LogP contribution in [-0.2, 0) is 19.4 Å². The number of thiophene rings is 1. The zero-order valence-electron chi connectivity index (χ0n) is 15.3. The molecule has 0 amide bonds. The highest BCUT2D eigenvalue weighted by Gasteiger charge is 2.40. The summed E-state index contributed by atoms with van der Waals surface area (Å²) < 4.78 is 6.01. The molecule has 2 aromatic rings. The highest BCUT2D eigenvalue weighted by atomic mass is 32.1. The zero-order valence-corrected chi connectivity index (χ0v) is 16.1. The molecule has 1 fully saturated rings. The lowest BCUT2D eigenvalue weighted by atomic mass is 9.72. The average Bonchev–Trinajstić information content (AvgIpc) is 3.16. The van der Waals surface area contributed by atoms with Crippen molar-refractivity contribution >= 4 is 11.3 Å². The molecular weight excluding hydrogens is 326 g/mol. The Kier molecular flexibility index (Phi) is 5.14. The molecule has 4 rings (SSSR count). The third-order valence-corrected chi connectivity index (χ3v) is 6.76. The standard InChI is InChI=1S/C22H29NOS/c1-2-11-23-12-4-3-9-22(23)10-7-19-14-21(6-5-20(19)15-22)24-16-18-8-13-25-17-18/h5-6,8,13-14,17H,2-4,7,9-12,15-16H2,1H3. The van der Waals surface area contributed by atoms with Crippen molar-refractivity contribution in [3.05, 3.63) is 51.7 Å². The van der Waals surface area contributed by atoms with Crippen molar-refractivity contribution in [3.63, 3.8) is 0 Å². The van der Waals surface area contributed by atoms with Crippen LogP contribution in [0.2, 0.25) is 0 Å². The number of piperidine rings is 1. The van der Waals surface area contributed by atoms with E-state index in [-0.39, 0.29) is 0 Å². The van der Waals surface area contributed by atoms with Crippen LogP contribution in [0.1, 0.15) is 55.7 Å². The van der Waals surface area contributed by atoms with Gasteiger partial charge in [0.05, 0.1) is 0 Å². The molecule has 1 unspecified atom stereocenters. The lowest BCUT2D eigenvalue weighted by Gasteiger charge is -2.50. The number of hydrogen-bond donors (Lipinski definition) is 0. The molecule has 1 spiro atoms. The summed E-state index contributed by atoms with van der Waals surface area (Å²) >= 11 is 1.73. The Balaban J connectivity index is 1.48. The van der Waals surface area contributed by atoms with E-state index < -0.39 is 0 Å². The van der Waals surface area contributed by atoms with Gasteiger partial charge in [-0.2, -0.15) is 11.3 Å². The monoisotopic (exact) mass is 355 g/mol. The van der Waals surface area contributed by atoms with Crippen molar-refractivity contribution in [2.45, 2.75) is 64.0 Å². The normalized spacial score (nSPS) is 23.6. The molecule has 2 nitrogen and oxygen atoms in total. The molecule has 0 radical (unpaired) electrons. The number of rotatable bonds is 5. The summed E-state index contributed by atoms with van der Waals surface area (Å²) in [7, 11) is 0. The van der Waals surface area contributed by atoms with Gasteiger partial charge in [0, 0.05) is 5.54 Å². The predicted octanol–water partition coefficient (Wildman–Crippen LogP) is 5.45. The molecule has 25 heavy (non-hydrogen) atoms. The first-order valence-electron chi connectivity index (χ1n) is 9.80. The van der Waals surface area contributed by atoms with Crippen LogP contribution in [0.15, 0.2) is 35.0 Å². The SMILES string of the molecule is CCCN1CCCCC12CCc1cc(OCc3ccsc3)ccc1C2. The number of benzene rings is 1. The van der Waals surface area contributed by atoms with E-state index in [0.717, 1.165) is 5.75 Å². The quantitative estimate of drug-likeness (QED) is 0.707. The van der Waals surface area contributed by atoms with Crippen molar-refractivity contribution in [2.24, 2.45) is 0 Å². The largest absolute Gasteiger partial charge is 0.489 e. The summed E-state index contributed by atoms with van der Waals surface area (Å²) in [4.78, 5) is 2.81. The minimum Gasteiger partial charge on any atom is -0.489 e. The fourth-order valence-electron chi connectivity index (χ4n) is 4.70. The second-order valence-electron chi connectivity index (χ2n) is 7.70. The Morgan fingerprint density at radius 1 is 1.16 bits per heavy atom. The van der Waals surface area contributed by atoms with E-state index in [2.05, 4.69) is 46.8 Å². The predicted molar refractivity (Wildman–Crippen MR) is 106 cm³/mol. The first-order chi connectivity index (χ1) is 12.3. The molecule has 0 N–H and O–H groups in total. The maximum Gasteiger partial charge on any atom is 0.120 e. The average molecular weight is 356 g/mol. The number of nitrogens with zero attached hydrogens (tertiary/aromatic N) is 1. The lowest BCUT2D eigenvalue weighted by Crippen LogP contribution is -2.55. The van der Waals surface area contributed by atoms with Gasteiger partial charge in [0.1, 0.15) is 12.4 Å². The van der Waals surface area contributed by atoms with E-state index in [4.69, 9.17) is 4.74 Å². The summed E-state index contributed by atoms with van der Waals surface area (Å²) in [6.45, 7) is 5.55. The molecule has 1 aliphatic heterocycles. The van der Waals surface area contributed by atoms with Gasteiger partial charge < -0.3 is 4.74 Å². The fraction of sp³-hybridized carbons (Fsp3) is 0.545. The van der Waals surface area contributed by atoms with E-state index in [1.807, 2.05) is 0 Å². The summed E-state index contributed by atoms with van der Waals surface area (Å²) in [6.07, 6.45) is 9.17. The summed E-state index contributed by atoms with van der Waals surface area (Å²) in [6, 6.07) is 8.94. The number of hydrogen-bond acceptors (Lipinski definition) is 3. The van der Waals surface area contributed by atoms with Crippen LogP contribution in [0.3, 0.4) is 0 Å². The molecule has 134 valence electrons. The Morgan fingerprint density at radius 3 is 2.96 bits per heavy atom. The Bertz CT molecular complexity index is 694. The van der Waals surface area contributed by atoms with Gasteiger partial charge >= 0.3 is 0 Å². The van der Waals surface area contributed by atoms with E-state index in [9.17, 15) is 0 Å². The molecule has 1 atom stereocenters. The van der Waals surface area contributed by atoms with Crippen molar-refractivity contribution in [3.8, 4) is 5.75 Å². The van der Waals surface area contributed by atoms with Gasteiger partial charge in [-0.05, 0) is 97.3 Å². The molecule has 1 saturated heterocycles. The van der Waals surface area contributed by atoms with Gasteiger partial charge in [0.15, 0.2) is 0 Å². The zero-order chi connectivity index (χ0) is 17.1. The highest BCUT2D eigenvalue weighted by molar-refractivity contribution is 7.07. The lowest BCUT2D eigenvalue weighted by molar-refractivity contribution is 0.0340. The molecular formula is C22H29NOS. The van der Waals surface area contributed by atoms with Crippen LogP contribution in [0.25, 0.3) is 0 Å². The fourth-order valence-corrected chi connectivity index (χ4v) is 5.36. The molecule has 2 heterocycles. The van der Waals surface area contributed by atoms with Crippen molar-refractivity contribution in [2.75, 3.05) is 13.1 Å². The molecule has 0 bridgehead atoms. The van der Waals surface area contributed by atoms with Crippen LogP contribution in [-0.4, -0.2) is 23.5 Å². The summed E-state index contributed by atoms with van der Waals surface area (Å²) in [5, 5.41) is 4.27. The first kappa shape index (κ1) is 17.1. The van der Waals surface area contributed by atoms with Gasteiger partial charge in [-0.3, -0.25) is 4.90 Å². The van der Waals surface area contributed by atoms with Gasteiger partial charge in [0.2, 0.25) is 0 Å². The second kappa shape index (κ2) is 7.51. The van der Waals surface area contributed by atoms with Crippen LogP contribution < -0.4 is 4.74 Å².